The molecule has 25 heavy (non-hydrogen) atoms. The SMILES string of the molecule is C[C@H](NC(=O)CN1C(=O)N[C@@](C)(C2CCCCC2)C1=O)c1cccs1. The van der Waals surface area contributed by atoms with Gasteiger partial charge in [-0.05, 0) is 44.1 Å². The van der Waals surface area contributed by atoms with E-state index in [0.717, 1.165) is 35.5 Å². The van der Waals surface area contributed by atoms with Crippen LogP contribution in [0.1, 0.15) is 56.9 Å². The molecule has 0 bridgehead atoms. The summed E-state index contributed by atoms with van der Waals surface area (Å²) in [5, 5.41) is 7.65. The molecule has 7 heteroatoms. The van der Waals surface area contributed by atoms with Crippen LogP contribution < -0.4 is 10.6 Å². The lowest BCUT2D eigenvalue weighted by molar-refractivity contribution is -0.136. The molecule has 0 spiro atoms. The fourth-order valence-electron chi connectivity index (χ4n) is 3.86. The second kappa shape index (κ2) is 7.15. The van der Waals surface area contributed by atoms with Gasteiger partial charge in [-0.3, -0.25) is 14.5 Å². The number of urea groups is 1. The molecule has 2 aliphatic rings. The van der Waals surface area contributed by atoms with Crippen LogP contribution in [-0.2, 0) is 9.59 Å². The molecule has 0 radical (unpaired) electrons. The van der Waals surface area contributed by atoms with Gasteiger partial charge >= 0.3 is 6.03 Å². The van der Waals surface area contributed by atoms with Gasteiger partial charge in [0.2, 0.25) is 5.91 Å². The molecule has 1 aromatic rings. The molecule has 2 atom stereocenters. The van der Waals surface area contributed by atoms with Crippen LogP contribution in [0.4, 0.5) is 4.79 Å². The maximum Gasteiger partial charge on any atom is 0.325 e. The summed E-state index contributed by atoms with van der Waals surface area (Å²) in [5.74, 6) is -0.448. The molecule has 6 nitrogen and oxygen atoms in total. The first-order chi connectivity index (χ1) is 11.9. The summed E-state index contributed by atoms with van der Waals surface area (Å²) in [6.45, 7) is 3.46. The normalized spacial score (nSPS) is 25.8. The molecule has 1 aliphatic carbocycles. The molecule has 1 saturated heterocycles. The van der Waals surface area contributed by atoms with Crippen molar-refractivity contribution in [2.75, 3.05) is 6.54 Å². The summed E-state index contributed by atoms with van der Waals surface area (Å²) in [6, 6.07) is 3.27. The number of hydrogen-bond acceptors (Lipinski definition) is 4. The molecular weight excluding hydrogens is 338 g/mol. The van der Waals surface area contributed by atoms with Crippen LogP contribution in [0.3, 0.4) is 0 Å². The first-order valence-corrected chi connectivity index (χ1v) is 9.76. The molecule has 1 aliphatic heterocycles. The highest BCUT2D eigenvalue weighted by Gasteiger charge is 2.52. The lowest BCUT2D eigenvalue weighted by Gasteiger charge is -2.34. The summed E-state index contributed by atoms with van der Waals surface area (Å²) in [6.07, 6.45) is 5.24. The number of nitrogens with one attached hydrogen (secondary N) is 2. The lowest BCUT2D eigenvalue weighted by Crippen LogP contribution is -2.51. The zero-order valence-electron chi connectivity index (χ0n) is 14.7. The van der Waals surface area contributed by atoms with Crippen molar-refractivity contribution in [2.24, 2.45) is 5.92 Å². The number of nitrogens with zero attached hydrogens (tertiary/aromatic N) is 1. The Morgan fingerprint density at radius 2 is 2.12 bits per heavy atom. The minimum atomic E-state index is -0.878. The van der Waals surface area contributed by atoms with Gasteiger partial charge in [-0.1, -0.05) is 25.3 Å². The van der Waals surface area contributed by atoms with Gasteiger partial charge in [-0.25, -0.2) is 4.79 Å². The smallest absolute Gasteiger partial charge is 0.325 e. The van der Waals surface area contributed by atoms with Crippen molar-refractivity contribution in [3.05, 3.63) is 22.4 Å². The van der Waals surface area contributed by atoms with Crippen molar-refractivity contribution in [1.82, 2.24) is 15.5 Å². The fraction of sp³-hybridized carbons (Fsp3) is 0.611. The van der Waals surface area contributed by atoms with Gasteiger partial charge in [0.05, 0.1) is 6.04 Å². The maximum atomic E-state index is 12.9. The van der Waals surface area contributed by atoms with E-state index in [1.54, 1.807) is 18.3 Å². The quantitative estimate of drug-likeness (QED) is 0.790. The Kier molecular flexibility index (Phi) is 5.13. The average Bonchev–Trinajstić information content (AvgIpc) is 3.20. The highest BCUT2D eigenvalue weighted by molar-refractivity contribution is 7.10. The van der Waals surface area contributed by atoms with Crippen LogP contribution in [0, 0.1) is 5.92 Å². The molecule has 0 aromatic carbocycles. The van der Waals surface area contributed by atoms with Crippen molar-refractivity contribution >= 4 is 29.2 Å². The zero-order valence-corrected chi connectivity index (χ0v) is 15.5. The number of carbonyl (C=O) groups is 3. The predicted molar refractivity (Wildman–Crippen MR) is 96.1 cm³/mol. The molecule has 2 heterocycles. The van der Waals surface area contributed by atoms with E-state index in [9.17, 15) is 14.4 Å². The third-order valence-electron chi connectivity index (χ3n) is 5.37. The first kappa shape index (κ1) is 17.9. The second-order valence-electron chi connectivity index (χ2n) is 7.16. The van der Waals surface area contributed by atoms with Crippen LogP contribution in [0.2, 0.25) is 0 Å². The van der Waals surface area contributed by atoms with Crippen LogP contribution in [0.15, 0.2) is 17.5 Å². The second-order valence-corrected chi connectivity index (χ2v) is 8.14. The number of rotatable bonds is 5. The van der Waals surface area contributed by atoms with Gasteiger partial charge in [0.1, 0.15) is 12.1 Å². The van der Waals surface area contributed by atoms with Crippen LogP contribution in [0.5, 0.6) is 0 Å². The molecule has 2 fully saturated rings. The number of amides is 4. The van der Waals surface area contributed by atoms with E-state index in [1.807, 2.05) is 24.4 Å². The molecule has 136 valence electrons. The van der Waals surface area contributed by atoms with Gasteiger partial charge in [0.25, 0.3) is 5.91 Å². The van der Waals surface area contributed by atoms with Crippen LogP contribution in [-0.4, -0.2) is 34.8 Å². The van der Waals surface area contributed by atoms with E-state index >= 15 is 0 Å². The molecule has 2 N–H and O–H groups in total. The summed E-state index contributed by atoms with van der Waals surface area (Å²) < 4.78 is 0. The summed E-state index contributed by atoms with van der Waals surface area (Å²) in [4.78, 5) is 39.6. The van der Waals surface area contributed by atoms with Crippen molar-refractivity contribution < 1.29 is 14.4 Å². The van der Waals surface area contributed by atoms with Crippen molar-refractivity contribution in [1.29, 1.82) is 0 Å². The van der Waals surface area contributed by atoms with Crippen LogP contribution >= 0.6 is 11.3 Å². The Bertz CT molecular complexity index is 655. The summed E-state index contributed by atoms with van der Waals surface area (Å²) >= 11 is 1.56. The van der Waals surface area contributed by atoms with Crippen molar-refractivity contribution in [3.8, 4) is 0 Å². The van der Waals surface area contributed by atoms with E-state index in [1.165, 1.54) is 6.42 Å². The zero-order chi connectivity index (χ0) is 18.0. The van der Waals surface area contributed by atoms with Crippen LogP contribution in [0.25, 0.3) is 0 Å². The Hall–Kier alpha value is -1.89. The molecule has 1 saturated carbocycles. The molecule has 1 aromatic heterocycles. The number of thiophene rings is 1. The van der Waals surface area contributed by atoms with E-state index in [2.05, 4.69) is 10.6 Å². The Morgan fingerprint density at radius 3 is 2.76 bits per heavy atom. The summed E-state index contributed by atoms with van der Waals surface area (Å²) in [5.41, 5.74) is -0.878. The third-order valence-corrected chi connectivity index (χ3v) is 6.43. The maximum absolute atomic E-state index is 12.9. The number of hydrogen-bond donors (Lipinski definition) is 2. The highest BCUT2D eigenvalue weighted by Crippen LogP contribution is 2.36. The Labute approximate surface area is 152 Å². The topological polar surface area (TPSA) is 78.5 Å². The minimum Gasteiger partial charge on any atom is -0.347 e. The third kappa shape index (κ3) is 3.56. The van der Waals surface area contributed by atoms with E-state index in [0.29, 0.717) is 0 Å². The van der Waals surface area contributed by atoms with E-state index in [4.69, 9.17) is 0 Å². The molecule has 4 amide bonds. The highest BCUT2D eigenvalue weighted by atomic mass is 32.1. The molecule has 0 unspecified atom stereocenters. The van der Waals surface area contributed by atoms with Gasteiger partial charge < -0.3 is 10.6 Å². The number of carbonyl (C=O) groups excluding carboxylic acids is 3. The Balaban J connectivity index is 1.63. The van der Waals surface area contributed by atoms with Gasteiger partial charge in [-0.2, -0.15) is 0 Å². The van der Waals surface area contributed by atoms with Gasteiger partial charge in [0, 0.05) is 4.88 Å². The summed E-state index contributed by atoms with van der Waals surface area (Å²) in [7, 11) is 0. The van der Waals surface area contributed by atoms with Crippen molar-refractivity contribution in [3.63, 3.8) is 0 Å². The largest absolute Gasteiger partial charge is 0.347 e. The average molecular weight is 363 g/mol. The fourth-order valence-corrected chi connectivity index (χ4v) is 4.59. The molecule has 3 rings (SSSR count). The lowest BCUT2D eigenvalue weighted by atomic mass is 9.75. The minimum absolute atomic E-state index is 0.141. The monoisotopic (exact) mass is 363 g/mol. The standard InChI is InChI=1S/C18H25N3O3S/c1-12(14-9-6-10-25-14)19-15(22)11-21-16(23)18(2,20-17(21)24)13-7-4-3-5-8-13/h6,9-10,12-13H,3-5,7-8,11H2,1-2H3,(H,19,22)(H,20,24)/t12-,18-/m0/s1. The predicted octanol–water partition coefficient (Wildman–Crippen LogP) is 2.82. The van der Waals surface area contributed by atoms with E-state index < -0.39 is 11.6 Å². The molecular formula is C18H25N3O3S. The van der Waals surface area contributed by atoms with E-state index in [-0.39, 0.29) is 30.3 Å². The van der Waals surface area contributed by atoms with Gasteiger partial charge in [0.15, 0.2) is 0 Å². The first-order valence-electron chi connectivity index (χ1n) is 8.88. The van der Waals surface area contributed by atoms with Crippen molar-refractivity contribution in [2.45, 2.75) is 57.5 Å². The van der Waals surface area contributed by atoms with Gasteiger partial charge in [-0.15, -0.1) is 11.3 Å². The Morgan fingerprint density at radius 1 is 1.40 bits per heavy atom. The number of imide groups is 1.